The normalized spacial score (nSPS) is 10.6. The van der Waals surface area contributed by atoms with Crippen LogP contribution in [0.4, 0.5) is 5.69 Å². The summed E-state index contributed by atoms with van der Waals surface area (Å²) in [7, 11) is 0. The number of nitrogens with zero attached hydrogens (tertiary/aromatic N) is 2. The Balaban J connectivity index is 2.00. The lowest BCUT2D eigenvalue weighted by Crippen LogP contribution is -2.14. The highest BCUT2D eigenvalue weighted by atomic mass is 35.5. The first-order valence-corrected chi connectivity index (χ1v) is 6.81. The van der Waals surface area contributed by atoms with Crippen LogP contribution < -0.4 is 5.32 Å². The van der Waals surface area contributed by atoms with Gasteiger partial charge in [-0.1, -0.05) is 35.9 Å². The van der Waals surface area contributed by atoms with Gasteiger partial charge < -0.3 is 5.32 Å². The average molecular weight is 298 g/mol. The van der Waals surface area contributed by atoms with Crippen molar-refractivity contribution in [2.24, 2.45) is 0 Å². The molecule has 21 heavy (non-hydrogen) atoms. The fraction of sp³-hybridized carbons (Fsp3) is 0.0625. The number of aromatic nitrogens is 2. The van der Waals surface area contributed by atoms with Crippen molar-refractivity contribution in [1.82, 2.24) is 9.97 Å². The van der Waals surface area contributed by atoms with Crippen molar-refractivity contribution in [2.45, 2.75) is 6.92 Å². The predicted octanol–water partition coefficient (Wildman–Crippen LogP) is 3.84. The molecule has 0 unspecified atom stereocenters. The Morgan fingerprint density at radius 2 is 1.90 bits per heavy atom. The number of hydrogen-bond donors (Lipinski definition) is 1. The zero-order valence-electron chi connectivity index (χ0n) is 11.3. The number of para-hydroxylation sites is 1. The number of benzene rings is 1. The lowest BCUT2D eigenvalue weighted by molar-refractivity contribution is 0.102. The molecule has 0 saturated carbocycles. The summed E-state index contributed by atoms with van der Waals surface area (Å²) in [6.07, 6.45) is 0. The van der Waals surface area contributed by atoms with E-state index in [-0.39, 0.29) is 11.6 Å². The van der Waals surface area contributed by atoms with Gasteiger partial charge in [0.15, 0.2) is 0 Å². The minimum Gasteiger partial charge on any atom is -0.320 e. The number of rotatable bonds is 2. The summed E-state index contributed by atoms with van der Waals surface area (Å²) in [5, 5.41) is 4.05. The first-order chi connectivity index (χ1) is 10.1. The molecule has 0 aliphatic rings. The summed E-state index contributed by atoms with van der Waals surface area (Å²) in [5.74, 6) is -0.298. The number of anilines is 1. The molecule has 5 heteroatoms. The van der Waals surface area contributed by atoms with Crippen LogP contribution in [0.3, 0.4) is 0 Å². The molecule has 0 bridgehead atoms. The maximum Gasteiger partial charge on any atom is 0.274 e. The topological polar surface area (TPSA) is 54.9 Å². The molecule has 0 saturated heterocycles. The minimum atomic E-state index is -0.298. The Labute approximate surface area is 126 Å². The van der Waals surface area contributed by atoms with E-state index in [9.17, 15) is 4.79 Å². The summed E-state index contributed by atoms with van der Waals surface area (Å²) in [6.45, 7) is 1.89. The number of fused-ring (bicyclic) bond motifs is 1. The SMILES string of the molecule is Cc1cc(NC(=O)c2cccc(Cl)n2)c2ccccc2n1. The summed E-state index contributed by atoms with van der Waals surface area (Å²) < 4.78 is 0. The number of amides is 1. The molecule has 4 nitrogen and oxygen atoms in total. The van der Waals surface area contributed by atoms with Gasteiger partial charge in [0.05, 0.1) is 11.2 Å². The molecule has 0 atom stereocenters. The van der Waals surface area contributed by atoms with Gasteiger partial charge in [-0.25, -0.2) is 4.98 Å². The fourth-order valence-electron chi connectivity index (χ4n) is 2.13. The molecule has 3 aromatic rings. The van der Waals surface area contributed by atoms with Gasteiger partial charge in [-0.3, -0.25) is 9.78 Å². The van der Waals surface area contributed by atoms with Gasteiger partial charge in [0.1, 0.15) is 10.8 Å². The molecular formula is C16H12ClN3O. The van der Waals surface area contributed by atoms with E-state index in [1.165, 1.54) is 0 Å². The second-order valence-electron chi connectivity index (χ2n) is 4.63. The summed E-state index contributed by atoms with van der Waals surface area (Å²) >= 11 is 5.81. The van der Waals surface area contributed by atoms with Gasteiger partial charge in [-0.2, -0.15) is 0 Å². The maximum atomic E-state index is 12.3. The third kappa shape index (κ3) is 2.85. The molecule has 2 aromatic heterocycles. The summed E-state index contributed by atoms with van der Waals surface area (Å²) in [4.78, 5) is 20.7. The standard InChI is InChI=1S/C16H12ClN3O/c1-10-9-14(11-5-2-3-6-12(11)18-10)20-16(21)13-7-4-8-15(17)19-13/h2-9H,1H3,(H,18,20,21). The molecule has 0 radical (unpaired) electrons. The van der Waals surface area contributed by atoms with Gasteiger partial charge in [0, 0.05) is 11.1 Å². The zero-order valence-corrected chi connectivity index (χ0v) is 12.1. The average Bonchev–Trinajstić information content (AvgIpc) is 2.47. The molecule has 0 spiro atoms. The van der Waals surface area contributed by atoms with Crippen LogP contribution in [0.5, 0.6) is 0 Å². The van der Waals surface area contributed by atoms with Crippen molar-refractivity contribution in [1.29, 1.82) is 0 Å². The van der Waals surface area contributed by atoms with Crippen LogP contribution in [0.2, 0.25) is 5.15 Å². The van der Waals surface area contributed by atoms with Crippen molar-refractivity contribution in [3.05, 3.63) is 65.1 Å². The Kier molecular flexibility index (Phi) is 3.54. The second kappa shape index (κ2) is 5.50. The van der Waals surface area contributed by atoms with Crippen molar-refractivity contribution < 1.29 is 4.79 Å². The molecular weight excluding hydrogens is 286 g/mol. The number of hydrogen-bond acceptors (Lipinski definition) is 3. The molecule has 3 rings (SSSR count). The second-order valence-corrected chi connectivity index (χ2v) is 5.02. The quantitative estimate of drug-likeness (QED) is 0.731. The van der Waals surface area contributed by atoms with Crippen molar-refractivity contribution in [3.63, 3.8) is 0 Å². The largest absolute Gasteiger partial charge is 0.320 e. The number of nitrogens with one attached hydrogen (secondary N) is 1. The number of aryl methyl sites for hydroxylation is 1. The molecule has 104 valence electrons. The van der Waals surface area contributed by atoms with Gasteiger partial charge in [0.25, 0.3) is 5.91 Å². The first-order valence-electron chi connectivity index (χ1n) is 6.44. The Bertz CT molecular complexity index is 833. The molecule has 1 amide bonds. The summed E-state index contributed by atoms with van der Waals surface area (Å²) in [5.41, 5.74) is 2.67. The lowest BCUT2D eigenvalue weighted by Gasteiger charge is -2.09. The zero-order chi connectivity index (χ0) is 14.8. The molecule has 2 heterocycles. The van der Waals surface area contributed by atoms with Crippen molar-refractivity contribution in [3.8, 4) is 0 Å². The number of carbonyl (C=O) groups excluding carboxylic acids is 1. The van der Waals surface area contributed by atoms with E-state index >= 15 is 0 Å². The third-order valence-corrected chi connectivity index (χ3v) is 3.25. The fourth-order valence-corrected chi connectivity index (χ4v) is 2.30. The van der Waals surface area contributed by atoms with Crippen LogP contribution in [0.15, 0.2) is 48.5 Å². The molecule has 1 aromatic carbocycles. The minimum absolute atomic E-state index is 0.279. The monoisotopic (exact) mass is 297 g/mol. The molecule has 0 aliphatic heterocycles. The third-order valence-electron chi connectivity index (χ3n) is 3.04. The van der Waals surface area contributed by atoms with E-state index in [1.807, 2.05) is 37.3 Å². The van der Waals surface area contributed by atoms with Crippen LogP contribution in [0.1, 0.15) is 16.2 Å². The maximum absolute atomic E-state index is 12.3. The van der Waals surface area contributed by atoms with Gasteiger partial charge in [-0.15, -0.1) is 0 Å². The van der Waals surface area contributed by atoms with Gasteiger partial charge >= 0.3 is 0 Å². The van der Waals surface area contributed by atoms with Crippen LogP contribution in [-0.4, -0.2) is 15.9 Å². The highest BCUT2D eigenvalue weighted by molar-refractivity contribution is 6.29. The molecule has 1 N–H and O–H groups in total. The van der Waals surface area contributed by atoms with E-state index in [2.05, 4.69) is 15.3 Å². The number of carbonyl (C=O) groups is 1. The van der Waals surface area contributed by atoms with Crippen LogP contribution in [0, 0.1) is 6.92 Å². The molecule has 0 fully saturated rings. The van der Waals surface area contributed by atoms with Crippen LogP contribution in [0.25, 0.3) is 10.9 Å². The van der Waals surface area contributed by atoms with Crippen molar-refractivity contribution in [2.75, 3.05) is 5.32 Å². The Hall–Kier alpha value is -2.46. The Morgan fingerprint density at radius 3 is 2.71 bits per heavy atom. The number of halogens is 1. The highest BCUT2D eigenvalue weighted by Crippen LogP contribution is 2.23. The first kappa shape index (κ1) is 13.5. The predicted molar refractivity (Wildman–Crippen MR) is 83.7 cm³/mol. The Morgan fingerprint density at radius 1 is 1.10 bits per heavy atom. The highest BCUT2D eigenvalue weighted by Gasteiger charge is 2.11. The van der Waals surface area contributed by atoms with E-state index in [0.717, 1.165) is 16.6 Å². The van der Waals surface area contributed by atoms with E-state index in [1.54, 1.807) is 18.2 Å². The number of pyridine rings is 2. The van der Waals surface area contributed by atoms with E-state index in [0.29, 0.717) is 10.8 Å². The van der Waals surface area contributed by atoms with Crippen molar-refractivity contribution >= 4 is 34.1 Å². The van der Waals surface area contributed by atoms with E-state index < -0.39 is 0 Å². The molecule has 0 aliphatic carbocycles. The summed E-state index contributed by atoms with van der Waals surface area (Å²) in [6, 6.07) is 14.4. The van der Waals surface area contributed by atoms with Gasteiger partial charge in [0.2, 0.25) is 0 Å². The smallest absolute Gasteiger partial charge is 0.274 e. The lowest BCUT2D eigenvalue weighted by atomic mass is 10.1. The van der Waals surface area contributed by atoms with Crippen LogP contribution >= 0.6 is 11.6 Å². The van der Waals surface area contributed by atoms with E-state index in [4.69, 9.17) is 11.6 Å². The van der Waals surface area contributed by atoms with Gasteiger partial charge in [-0.05, 0) is 31.2 Å². The van der Waals surface area contributed by atoms with Crippen LogP contribution in [-0.2, 0) is 0 Å².